The van der Waals surface area contributed by atoms with Crippen LogP contribution >= 0.6 is 0 Å². The van der Waals surface area contributed by atoms with Gasteiger partial charge in [-0.3, -0.25) is 0 Å². The minimum Gasteiger partial charge on any atom is -0.361 e. The monoisotopic (exact) mass is 289 g/mol. The van der Waals surface area contributed by atoms with E-state index in [1.54, 1.807) is 13.8 Å². The van der Waals surface area contributed by atoms with Gasteiger partial charge in [0.1, 0.15) is 5.76 Å². The van der Waals surface area contributed by atoms with Gasteiger partial charge in [-0.2, -0.15) is 0 Å². The zero-order chi connectivity index (χ0) is 14.5. The highest BCUT2D eigenvalue weighted by Gasteiger charge is 2.21. The molecule has 0 amide bonds. The Balaban J connectivity index is 2.58. The topological polar surface area (TPSA) is 84.2 Å². The Morgan fingerprint density at radius 2 is 2.05 bits per heavy atom. The number of hydrogen-bond acceptors (Lipinski definition) is 5. The number of aromatic nitrogens is 1. The highest BCUT2D eigenvalue weighted by atomic mass is 32.2. The van der Waals surface area contributed by atoms with Crippen LogP contribution in [0.4, 0.5) is 0 Å². The Hall–Kier alpha value is -0.920. The molecule has 1 atom stereocenters. The Labute approximate surface area is 115 Å². The van der Waals surface area contributed by atoms with Crippen molar-refractivity contribution >= 4 is 10.0 Å². The van der Waals surface area contributed by atoms with Crippen molar-refractivity contribution < 1.29 is 12.9 Å². The summed E-state index contributed by atoms with van der Waals surface area (Å²) in [5.74, 6) is 0.772. The summed E-state index contributed by atoms with van der Waals surface area (Å²) in [7, 11) is -3.28. The van der Waals surface area contributed by atoms with E-state index in [0.29, 0.717) is 18.7 Å². The summed E-state index contributed by atoms with van der Waals surface area (Å²) in [5, 5.41) is 6.94. The molecular formula is C12H23N3O3S. The van der Waals surface area contributed by atoms with Crippen LogP contribution in [0.3, 0.4) is 0 Å². The number of sulfonamides is 1. The number of nitrogens with zero attached hydrogens (tertiary/aromatic N) is 1. The van der Waals surface area contributed by atoms with Crippen molar-refractivity contribution in [2.45, 2.75) is 40.2 Å². The van der Waals surface area contributed by atoms with E-state index < -0.39 is 10.0 Å². The van der Waals surface area contributed by atoms with Gasteiger partial charge >= 0.3 is 0 Å². The van der Waals surface area contributed by atoms with E-state index in [1.807, 2.05) is 13.8 Å². The molecule has 110 valence electrons. The molecule has 1 rings (SSSR count). The summed E-state index contributed by atoms with van der Waals surface area (Å²) in [5.41, 5.74) is 1.54. The first-order valence-corrected chi connectivity index (χ1v) is 8.16. The fourth-order valence-corrected chi connectivity index (χ4v) is 3.36. The Kier molecular flexibility index (Phi) is 5.96. The molecule has 1 heterocycles. The number of nitrogens with one attached hydrogen (secondary N) is 2. The van der Waals surface area contributed by atoms with Crippen LogP contribution in [0.2, 0.25) is 0 Å². The second kappa shape index (κ2) is 7.02. The first kappa shape index (κ1) is 16.1. The Morgan fingerprint density at radius 3 is 2.58 bits per heavy atom. The largest absolute Gasteiger partial charge is 0.361 e. The zero-order valence-electron chi connectivity index (χ0n) is 12.0. The Morgan fingerprint density at radius 1 is 1.37 bits per heavy atom. The molecule has 0 aromatic carbocycles. The van der Waals surface area contributed by atoms with Gasteiger partial charge in [-0.1, -0.05) is 12.1 Å². The van der Waals surface area contributed by atoms with Crippen molar-refractivity contribution in [1.82, 2.24) is 15.2 Å². The quantitative estimate of drug-likeness (QED) is 0.704. The molecule has 0 fully saturated rings. The first-order valence-electron chi connectivity index (χ1n) is 6.51. The van der Waals surface area contributed by atoms with Gasteiger partial charge in [0.15, 0.2) is 0 Å². The third kappa shape index (κ3) is 4.93. The van der Waals surface area contributed by atoms with Crippen molar-refractivity contribution in [3.8, 4) is 0 Å². The van der Waals surface area contributed by atoms with Crippen molar-refractivity contribution in [3.05, 3.63) is 17.0 Å². The zero-order valence-corrected chi connectivity index (χ0v) is 12.8. The summed E-state index contributed by atoms with van der Waals surface area (Å²) in [4.78, 5) is 0. The molecule has 0 aliphatic rings. The van der Waals surface area contributed by atoms with E-state index in [1.165, 1.54) is 0 Å². The highest BCUT2D eigenvalue weighted by molar-refractivity contribution is 7.89. The van der Waals surface area contributed by atoms with Crippen LogP contribution in [0.1, 0.15) is 43.3 Å². The van der Waals surface area contributed by atoms with E-state index in [9.17, 15) is 8.42 Å². The third-order valence-corrected chi connectivity index (χ3v) is 4.43. The molecule has 0 saturated carbocycles. The number of rotatable bonds is 8. The molecule has 6 nitrogen and oxygen atoms in total. The van der Waals surface area contributed by atoms with Crippen LogP contribution < -0.4 is 10.0 Å². The molecule has 0 bridgehead atoms. The number of hydrogen-bond donors (Lipinski definition) is 2. The summed E-state index contributed by atoms with van der Waals surface area (Å²) in [6.45, 7) is 8.94. The lowest BCUT2D eigenvalue weighted by molar-refractivity contribution is 0.391. The van der Waals surface area contributed by atoms with Gasteiger partial charge in [0, 0.05) is 11.6 Å². The predicted octanol–water partition coefficient (Wildman–Crippen LogP) is 1.27. The molecule has 0 radical (unpaired) electrons. The van der Waals surface area contributed by atoms with Gasteiger partial charge in [0.25, 0.3) is 0 Å². The van der Waals surface area contributed by atoms with Crippen molar-refractivity contribution in [1.29, 1.82) is 0 Å². The predicted molar refractivity (Wildman–Crippen MR) is 74.5 cm³/mol. The van der Waals surface area contributed by atoms with Gasteiger partial charge in [0.05, 0.1) is 11.4 Å². The molecule has 0 aliphatic heterocycles. The van der Waals surface area contributed by atoms with Crippen molar-refractivity contribution in [2.75, 3.05) is 18.8 Å². The summed E-state index contributed by atoms with van der Waals surface area (Å²) in [6, 6.07) is -0.324. The van der Waals surface area contributed by atoms with E-state index in [0.717, 1.165) is 17.8 Å². The standard InChI is InChI=1S/C12H23N3O3S/c1-5-13-7-6-8-19(16,17)15-10(3)12-9(2)14-18-11(12)4/h10,13,15H,5-8H2,1-4H3. The van der Waals surface area contributed by atoms with Crippen LogP contribution in [0, 0.1) is 13.8 Å². The van der Waals surface area contributed by atoms with Crippen LogP contribution in [0.15, 0.2) is 4.52 Å². The average molecular weight is 289 g/mol. The molecule has 19 heavy (non-hydrogen) atoms. The maximum absolute atomic E-state index is 11.9. The first-order chi connectivity index (χ1) is 8.87. The highest BCUT2D eigenvalue weighted by Crippen LogP contribution is 2.21. The van der Waals surface area contributed by atoms with Crippen LogP contribution in [-0.2, 0) is 10.0 Å². The molecule has 1 aromatic heterocycles. The lowest BCUT2D eigenvalue weighted by Gasteiger charge is -2.14. The third-order valence-electron chi connectivity index (χ3n) is 2.89. The molecule has 0 saturated heterocycles. The van der Waals surface area contributed by atoms with Crippen LogP contribution in [-0.4, -0.2) is 32.4 Å². The summed E-state index contributed by atoms with van der Waals surface area (Å²) < 4.78 is 31.6. The van der Waals surface area contributed by atoms with Crippen LogP contribution in [0.5, 0.6) is 0 Å². The van der Waals surface area contributed by atoms with Crippen molar-refractivity contribution in [2.24, 2.45) is 0 Å². The van der Waals surface area contributed by atoms with Crippen molar-refractivity contribution in [3.63, 3.8) is 0 Å². The fraction of sp³-hybridized carbons (Fsp3) is 0.750. The normalized spacial score (nSPS) is 13.7. The molecular weight excluding hydrogens is 266 g/mol. The van der Waals surface area contributed by atoms with E-state index in [2.05, 4.69) is 15.2 Å². The molecule has 0 spiro atoms. The molecule has 1 aromatic rings. The minimum atomic E-state index is -3.28. The smallest absolute Gasteiger partial charge is 0.212 e. The van der Waals surface area contributed by atoms with E-state index >= 15 is 0 Å². The average Bonchev–Trinajstić information content (AvgIpc) is 2.64. The van der Waals surface area contributed by atoms with Gasteiger partial charge in [-0.25, -0.2) is 13.1 Å². The maximum atomic E-state index is 11.9. The summed E-state index contributed by atoms with van der Waals surface area (Å²) in [6.07, 6.45) is 0.595. The molecule has 0 aliphatic carbocycles. The van der Waals surface area contributed by atoms with Gasteiger partial charge < -0.3 is 9.84 Å². The minimum absolute atomic E-state index is 0.119. The second-order valence-electron chi connectivity index (χ2n) is 4.60. The van der Waals surface area contributed by atoms with E-state index in [4.69, 9.17) is 4.52 Å². The molecule has 7 heteroatoms. The van der Waals surface area contributed by atoms with Gasteiger partial charge in [-0.15, -0.1) is 0 Å². The second-order valence-corrected chi connectivity index (χ2v) is 6.48. The maximum Gasteiger partial charge on any atom is 0.212 e. The lowest BCUT2D eigenvalue weighted by atomic mass is 10.1. The Bertz CT molecular complexity index is 477. The lowest BCUT2D eigenvalue weighted by Crippen LogP contribution is -2.31. The fourth-order valence-electron chi connectivity index (χ4n) is 2.06. The van der Waals surface area contributed by atoms with Gasteiger partial charge in [0.2, 0.25) is 10.0 Å². The van der Waals surface area contributed by atoms with E-state index in [-0.39, 0.29) is 11.8 Å². The van der Waals surface area contributed by atoms with Gasteiger partial charge in [-0.05, 0) is 40.3 Å². The SMILES string of the molecule is CCNCCCS(=O)(=O)NC(C)c1c(C)noc1C. The summed E-state index contributed by atoms with van der Waals surface area (Å²) >= 11 is 0. The number of aryl methyl sites for hydroxylation is 2. The molecule has 2 N–H and O–H groups in total. The van der Waals surface area contributed by atoms with Crippen LogP contribution in [0.25, 0.3) is 0 Å². The molecule has 1 unspecified atom stereocenters.